The highest BCUT2D eigenvalue weighted by atomic mass is 16.5. The van der Waals surface area contributed by atoms with Gasteiger partial charge < -0.3 is 9.26 Å². The Morgan fingerprint density at radius 3 is 2.62 bits per heavy atom. The maximum atomic E-state index is 11.1. The summed E-state index contributed by atoms with van der Waals surface area (Å²) in [5, 5.41) is 3.99. The number of hydrogen-bond acceptors (Lipinski definition) is 4. The van der Waals surface area contributed by atoms with E-state index in [0.717, 1.165) is 11.5 Å². The van der Waals surface area contributed by atoms with Crippen molar-refractivity contribution in [2.24, 2.45) is 0 Å². The van der Waals surface area contributed by atoms with E-state index in [1.807, 2.05) is 13.0 Å². The standard InChI is InChI=1S/C12H19NO3/c1-8(6-11(14)15-5)9-7-10(16-13-9)12(2,3)4/h7-8H,6H2,1-5H3. The fourth-order valence-electron chi connectivity index (χ4n) is 1.31. The minimum absolute atomic E-state index is 0.0206. The van der Waals surface area contributed by atoms with Crippen molar-refractivity contribution in [2.75, 3.05) is 7.11 Å². The third-order valence-corrected chi connectivity index (χ3v) is 2.47. The monoisotopic (exact) mass is 225 g/mol. The van der Waals surface area contributed by atoms with Crippen LogP contribution < -0.4 is 0 Å². The average Bonchev–Trinajstić information content (AvgIpc) is 2.65. The SMILES string of the molecule is COC(=O)CC(C)c1cc(C(C)(C)C)on1. The lowest BCUT2D eigenvalue weighted by atomic mass is 9.92. The fourth-order valence-corrected chi connectivity index (χ4v) is 1.31. The van der Waals surface area contributed by atoms with Gasteiger partial charge in [0, 0.05) is 17.4 Å². The summed E-state index contributed by atoms with van der Waals surface area (Å²) in [5.74, 6) is 0.624. The average molecular weight is 225 g/mol. The van der Waals surface area contributed by atoms with Crippen molar-refractivity contribution in [2.45, 2.75) is 45.4 Å². The van der Waals surface area contributed by atoms with Crippen LogP contribution in [0, 0.1) is 0 Å². The first-order valence-electron chi connectivity index (χ1n) is 5.38. The maximum absolute atomic E-state index is 11.1. The van der Waals surface area contributed by atoms with Crippen LogP contribution in [0.4, 0.5) is 0 Å². The van der Waals surface area contributed by atoms with Crippen LogP contribution in [0.5, 0.6) is 0 Å². The van der Waals surface area contributed by atoms with Crippen molar-refractivity contribution in [3.63, 3.8) is 0 Å². The minimum Gasteiger partial charge on any atom is -0.469 e. The number of esters is 1. The van der Waals surface area contributed by atoms with Crippen molar-refractivity contribution in [1.82, 2.24) is 5.16 Å². The van der Waals surface area contributed by atoms with Crippen LogP contribution in [-0.2, 0) is 14.9 Å². The summed E-state index contributed by atoms with van der Waals surface area (Å²) in [6, 6.07) is 1.91. The van der Waals surface area contributed by atoms with Crippen LogP contribution in [0.2, 0.25) is 0 Å². The molecule has 1 unspecified atom stereocenters. The molecule has 1 rings (SSSR count). The molecule has 1 aromatic heterocycles. The first kappa shape index (κ1) is 12.7. The molecule has 1 aromatic rings. The Kier molecular flexibility index (Phi) is 3.73. The summed E-state index contributed by atoms with van der Waals surface area (Å²) in [7, 11) is 1.39. The quantitative estimate of drug-likeness (QED) is 0.742. The van der Waals surface area contributed by atoms with Crippen LogP contribution in [0.1, 0.15) is 51.5 Å². The van der Waals surface area contributed by atoms with Gasteiger partial charge in [0.2, 0.25) is 0 Å². The van der Waals surface area contributed by atoms with Gasteiger partial charge >= 0.3 is 5.97 Å². The number of carbonyl (C=O) groups excluding carboxylic acids is 1. The Morgan fingerprint density at radius 2 is 2.19 bits per heavy atom. The third-order valence-electron chi connectivity index (χ3n) is 2.47. The van der Waals surface area contributed by atoms with Gasteiger partial charge in [0.15, 0.2) is 0 Å². The molecule has 0 radical (unpaired) electrons. The largest absolute Gasteiger partial charge is 0.469 e. The van der Waals surface area contributed by atoms with E-state index in [4.69, 9.17) is 4.52 Å². The first-order chi connectivity index (χ1) is 7.34. The van der Waals surface area contributed by atoms with Gasteiger partial charge in [-0.1, -0.05) is 32.9 Å². The Labute approximate surface area is 96.0 Å². The highest BCUT2D eigenvalue weighted by Crippen LogP contribution is 2.26. The molecule has 4 nitrogen and oxygen atoms in total. The zero-order valence-electron chi connectivity index (χ0n) is 10.5. The van der Waals surface area contributed by atoms with Crippen molar-refractivity contribution in [3.05, 3.63) is 17.5 Å². The molecular weight excluding hydrogens is 206 g/mol. The molecule has 4 heteroatoms. The molecular formula is C12H19NO3. The molecule has 0 amide bonds. The molecule has 1 atom stereocenters. The highest BCUT2D eigenvalue weighted by molar-refractivity contribution is 5.70. The normalized spacial score (nSPS) is 13.6. The Morgan fingerprint density at radius 1 is 1.56 bits per heavy atom. The van der Waals surface area contributed by atoms with E-state index in [1.165, 1.54) is 7.11 Å². The third kappa shape index (κ3) is 3.08. The number of nitrogens with zero attached hydrogens (tertiary/aromatic N) is 1. The molecule has 0 saturated heterocycles. The molecule has 0 fully saturated rings. The molecule has 0 saturated carbocycles. The van der Waals surface area contributed by atoms with Crippen LogP contribution in [0.25, 0.3) is 0 Å². The second kappa shape index (κ2) is 4.68. The number of rotatable bonds is 3. The van der Waals surface area contributed by atoms with E-state index < -0.39 is 0 Å². The van der Waals surface area contributed by atoms with E-state index in [1.54, 1.807) is 0 Å². The van der Waals surface area contributed by atoms with Crippen molar-refractivity contribution in [1.29, 1.82) is 0 Å². The molecule has 0 bridgehead atoms. The maximum Gasteiger partial charge on any atom is 0.306 e. The van der Waals surface area contributed by atoms with E-state index in [2.05, 4.69) is 30.7 Å². The van der Waals surface area contributed by atoms with Gasteiger partial charge in [0.1, 0.15) is 5.76 Å². The molecule has 0 spiro atoms. The molecule has 0 aliphatic carbocycles. The lowest BCUT2D eigenvalue weighted by Gasteiger charge is -2.12. The molecule has 16 heavy (non-hydrogen) atoms. The number of carbonyl (C=O) groups is 1. The molecule has 0 N–H and O–H groups in total. The summed E-state index contributed by atoms with van der Waals surface area (Å²) in [4.78, 5) is 11.1. The zero-order valence-corrected chi connectivity index (χ0v) is 10.5. The number of ether oxygens (including phenoxy) is 1. The van der Waals surface area contributed by atoms with E-state index >= 15 is 0 Å². The van der Waals surface area contributed by atoms with Crippen LogP contribution in [0.15, 0.2) is 10.6 Å². The molecule has 0 aliphatic heterocycles. The van der Waals surface area contributed by atoms with Gasteiger partial charge in [0.05, 0.1) is 19.2 Å². The summed E-state index contributed by atoms with van der Waals surface area (Å²) >= 11 is 0. The van der Waals surface area contributed by atoms with Crippen LogP contribution >= 0.6 is 0 Å². The van der Waals surface area contributed by atoms with Gasteiger partial charge in [-0.25, -0.2) is 0 Å². The summed E-state index contributed by atoms with van der Waals surface area (Å²) < 4.78 is 9.88. The Balaban J connectivity index is 2.74. The van der Waals surface area contributed by atoms with Crippen molar-refractivity contribution >= 4 is 5.97 Å². The van der Waals surface area contributed by atoms with Gasteiger partial charge in [0.25, 0.3) is 0 Å². The lowest BCUT2D eigenvalue weighted by molar-refractivity contribution is -0.141. The Bertz CT molecular complexity index is 363. The fraction of sp³-hybridized carbons (Fsp3) is 0.667. The van der Waals surface area contributed by atoms with Gasteiger partial charge in [-0.3, -0.25) is 4.79 Å². The highest BCUT2D eigenvalue weighted by Gasteiger charge is 2.22. The summed E-state index contributed by atoms with van der Waals surface area (Å²) in [5.41, 5.74) is 0.742. The topological polar surface area (TPSA) is 52.3 Å². The minimum atomic E-state index is -0.229. The second-order valence-corrected chi connectivity index (χ2v) is 5.05. The van der Waals surface area contributed by atoms with E-state index in [9.17, 15) is 4.79 Å². The van der Waals surface area contributed by atoms with E-state index in [0.29, 0.717) is 6.42 Å². The van der Waals surface area contributed by atoms with Crippen molar-refractivity contribution in [3.8, 4) is 0 Å². The van der Waals surface area contributed by atoms with Gasteiger partial charge in [-0.2, -0.15) is 0 Å². The zero-order chi connectivity index (χ0) is 12.3. The Hall–Kier alpha value is -1.32. The number of hydrogen-bond donors (Lipinski definition) is 0. The van der Waals surface area contributed by atoms with Gasteiger partial charge in [-0.05, 0) is 0 Å². The van der Waals surface area contributed by atoms with Crippen molar-refractivity contribution < 1.29 is 14.1 Å². The first-order valence-corrected chi connectivity index (χ1v) is 5.38. The van der Waals surface area contributed by atoms with E-state index in [-0.39, 0.29) is 17.3 Å². The summed E-state index contributed by atoms with van der Waals surface area (Å²) in [6.07, 6.45) is 0.326. The van der Waals surface area contributed by atoms with Crippen LogP contribution in [-0.4, -0.2) is 18.2 Å². The molecule has 0 aliphatic rings. The molecule has 0 aromatic carbocycles. The second-order valence-electron chi connectivity index (χ2n) is 5.05. The lowest BCUT2D eigenvalue weighted by Crippen LogP contribution is -2.09. The summed E-state index contributed by atoms with van der Waals surface area (Å²) in [6.45, 7) is 8.11. The smallest absolute Gasteiger partial charge is 0.306 e. The number of methoxy groups -OCH3 is 1. The van der Waals surface area contributed by atoms with Crippen LogP contribution in [0.3, 0.4) is 0 Å². The predicted octanol–water partition coefficient (Wildman–Crippen LogP) is 2.64. The number of aromatic nitrogens is 1. The molecule has 90 valence electrons. The molecule has 1 heterocycles. The van der Waals surface area contributed by atoms with Gasteiger partial charge in [-0.15, -0.1) is 0 Å². The predicted molar refractivity (Wildman–Crippen MR) is 60.3 cm³/mol.